The Morgan fingerprint density at radius 2 is 1.67 bits per heavy atom. The van der Waals surface area contributed by atoms with Crippen LogP contribution in [0.15, 0.2) is 12.2 Å². The van der Waals surface area contributed by atoms with Crippen molar-refractivity contribution in [3.63, 3.8) is 0 Å². The van der Waals surface area contributed by atoms with E-state index < -0.39 is 36.2 Å². The Labute approximate surface area is 120 Å². The molecule has 21 heavy (non-hydrogen) atoms. The number of carboxylic acid groups (broad SMARTS) is 3. The topological polar surface area (TPSA) is 153 Å². The lowest BCUT2D eigenvalue weighted by Gasteiger charge is -2.11. The second-order valence-electron chi connectivity index (χ2n) is 4.27. The predicted octanol–water partition coefficient (Wildman–Crippen LogP) is -1.10. The summed E-state index contributed by atoms with van der Waals surface area (Å²) in [4.78, 5) is 42.9. The largest absolute Gasteiger partial charge is 0.481 e. The van der Waals surface area contributed by atoms with Crippen LogP contribution in [0.5, 0.6) is 0 Å². The molecule has 0 bridgehead atoms. The number of aliphatic carboxylic acids is 3. The van der Waals surface area contributed by atoms with Crippen molar-refractivity contribution in [1.82, 2.24) is 10.6 Å². The number of carbonyl (C=O) groups is 4. The molecule has 0 aliphatic carbocycles. The number of amides is 1. The van der Waals surface area contributed by atoms with Crippen LogP contribution >= 0.6 is 0 Å². The third-order valence-corrected chi connectivity index (χ3v) is 2.46. The average molecular weight is 302 g/mol. The predicted molar refractivity (Wildman–Crippen MR) is 70.7 cm³/mol. The minimum absolute atomic E-state index is 0.0423. The van der Waals surface area contributed by atoms with E-state index >= 15 is 0 Å². The van der Waals surface area contributed by atoms with Crippen LogP contribution in [0.1, 0.15) is 12.8 Å². The van der Waals surface area contributed by atoms with E-state index in [1.165, 1.54) is 0 Å². The molecule has 0 aromatic rings. The van der Waals surface area contributed by atoms with Crippen LogP contribution in [0.3, 0.4) is 0 Å². The van der Waals surface area contributed by atoms with Gasteiger partial charge in [0, 0.05) is 25.2 Å². The van der Waals surface area contributed by atoms with E-state index in [0.29, 0.717) is 0 Å². The second-order valence-corrected chi connectivity index (χ2v) is 4.27. The zero-order valence-corrected chi connectivity index (χ0v) is 11.3. The summed E-state index contributed by atoms with van der Waals surface area (Å²) < 4.78 is 0. The van der Waals surface area contributed by atoms with Crippen LogP contribution in [0, 0.1) is 5.92 Å². The number of hydrogen-bond donors (Lipinski definition) is 5. The van der Waals surface area contributed by atoms with Crippen molar-refractivity contribution in [2.24, 2.45) is 5.92 Å². The third kappa shape index (κ3) is 9.16. The van der Waals surface area contributed by atoms with Gasteiger partial charge in [-0.05, 0) is 0 Å². The van der Waals surface area contributed by atoms with Gasteiger partial charge in [-0.3, -0.25) is 14.4 Å². The molecule has 0 spiro atoms. The number of rotatable bonds is 11. The fourth-order valence-corrected chi connectivity index (χ4v) is 1.36. The zero-order chi connectivity index (χ0) is 16.4. The molecule has 1 unspecified atom stereocenters. The van der Waals surface area contributed by atoms with Gasteiger partial charge in [-0.15, -0.1) is 0 Å². The van der Waals surface area contributed by atoms with Gasteiger partial charge in [-0.25, -0.2) is 4.79 Å². The van der Waals surface area contributed by atoms with Crippen LogP contribution in [0.2, 0.25) is 0 Å². The van der Waals surface area contributed by atoms with Crippen molar-refractivity contribution >= 4 is 23.8 Å². The highest BCUT2D eigenvalue weighted by Crippen LogP contribution is 2.01. The van der Waals surface area contributed by atoms with E-state index in [9.17, 15) is 19.2 Å². The van der Waals surface area contributed by atoms with Crippen LogP contribution in [-0.2, 0) is 19.2 Å². The number of carbonyl (C=O) groups excluding carboxylic acids is 1. The van der Waals surface area contributed by atoms with Crippen LogP contribution in [0.4, 0.5) is 0 Å². The van der Waals surface area contributed by atoms with Crippen LogP contribution < -0.4 is 10.6 Å². The summed E-state index contributed by atoms with van der Waals surface area (Å²) in [7, 11) is 0. The highest BCUT2D eigenvalue weighted by Gasteiger charge is 2.20. The molecule has 9 heteroatoms. The normalized spacial score (nSPS) is 11.4. The van der Waals surface area contributed by atoms with E-state index in [-0.39, 0.29) is 31.6 Å². The lowest BCUT2D eigenvalue weighted by molar-refractivity contribution is -0.148. The molecule has 0 aliphatic rings. The SMILES string of the molecule is C=C(CC(=O)NCCNCC(CC(=O)O)C(=O)O)C(=O)O. The Kier molecular flexibility index (Phi) is 8.39. The Morgan fingerprint density at radius 3 is 2.14 bits per heavy atom. The molecular weight excluding hydrogens is 284 g/mol. The van der Waals surface area contributed by atoms with Crippen molar-refractivity contribution in [2.75, 3.05) is 19.6 Å². The molecule has 0 rings (SSSR count). The molecular formula is C12H18N2O7. The molecule has 9 nitrogen and oxygen atoms in total. The van der Waals surface area contributed by atoms with Gasteiger partial charge in [0.2, 0.25) is 5.91 Å². The van der Waals surface area contributed by atoms with Gasteiger partial charge >= 0.3 is 17.9 Å². The first-order valence-electron chi connectivity index (χ1n) is 6.07. The zero-order valence-electron chi connectivity index (χ0n) is 11.3. The summed E-state index contributed by atoms with van der Waals surface area (Å²) in [6, 6.07) is 0. The Morgan fingerprint density at radius 1 is 1.05 bits per heavy atom. The maximum atomic E-state index is 11.3. The lowest BCUT2D eigenvalue weighted by Crippen LogP contribution is -2.36. The van der Waals surface area contributed by atoms with Gasteiger partial charge in [0.15, 0.2) is 0 Å². The van der Waals surface area contributed by atoms with E-state index in [0.717, 1.165) is 0 Å². The van der Waals surface area contributed by atoms with E-state index in [2.05, 4.69) is 17.2 Å². The number of hydrogen-bond acceptors (Lipinski definition) is 5. The fraction of sp³-hybridized carbons (Fsp3) is 0.500. The van der Waals surface area contributed by atoms with Crippen molar-refractivity contribution in [2.45, 2.75) is 12.8 Å². The summed E-state index contributed by atoms with van der Waals surface area (Å²) in [6.45, 7) is 3.56. The van der Waals surface area contributed by atoms with Gasteiger partial charge in [0.05, 0.1) is 18.8 Å². The van der Waals surface area contributed by atoms with Gasteiger partial charge in [-0.2, -0.15) is 0 Å². The van der Waals surface area contributed by atoms with Gasteiger partial charge in [0.25, 0.3) is 0 Å². The van der Waals surface area contributed by atoms with E-state index in [4.69, 9.17) is 15.3 Å². The van der Waals surface area contributed by atoms with Crippen LogP contribution in [0.25, 0.3) is 0 Å². The first-order chi connectivity index (χ1) is 9.73. The highest BCUT2D eigenvalue weighted by atomic mass is 16.4. The minimum Gasteiger partial charge on any atom is -0.481 e. The molecule has 1 atom stereocenters. The maximum Gasteiger partial charge on any atom is 0.331 e. The lowest BCUT2D eigenvalue weighted by atomic mass is 10.1. The minimum atomic E-state index is -1.25. The molecule has 0 saturated carbocycles. The van der Waals surface area contributed by atoms with E-state index in [1.807, 2.05) is 0 Å². The van der Waals surface area contributed by atoms with Gasteiger partial charge in [-0.1, -0.05) is 6.58 Å². The molecule has 1 amide bonds. The molecule has 0 radical (unpaired) electrons. The summed E-state index contributed by atoms with van der Waals surface area (Å²) >= 11 is 0. The molecule has 0 aromatic carbocycles. The highest BCUT2D eigenvalue weighted by molar-refractivity contribution is 5.93. The molecule has 118 valence electrons. The Bertz CT molecular complexity index is 433. The number of carboxylic acids is 3. The smallest absolute Gasteiger partial charge is 0.331 e. The monoisotopic (exact) mass is 302 g/mol. The molecule has 5 N–H and O–H groups in total. The first kappa shape index (κ1) is 18.6. The van der Waals surface area contributed by atoms with Crippen LogP contribution in [-0.4, -0.2) is 58.8 Å². The van der Waals surface area contributed by atoms with Crippen molar-refractivity contribution in [1.29, 1.82) is 0 Å². The summed E-state index contributed by atoms with van der Waals surface area (Å²) in [5.74, 6) is -5.23. The van der Waals surface area contributed by atoms with Gasteiger partial charge < -0.3 is 26.0 Å². The molecule has 0 saturated heterocycles. The summed E-state index contributed by atoms with van der Waals surface area (Å²) in [6.07, 6.45) is -0.820. The Hall–Kier alpha value is -2.42. The van der Waals surface area contributed by atoms with Gasteiger partial charge in [0.1, 0.15) is 0 Å². The second kappa shape index (κ2) is 9.48. The number of nitrogens with one attached hydrogen (secondary N) is 2. The fourth-order valence-electron chi connectivity index (χ4n) is 1.36. The molecule has 0 aliphatic heterocycles. The van der Waals surface area contributed by atoms with Crippen molar-refractivity contribution < 1.29 is 34.5 Å². The molecule has 0 aromatic heterocycles. The summed E-state index contributed by atoms with van der Waals surface area (Å²) in [5, 5.41) is 31.0. The van der Waals surface area contributed by atoms with Crippen molar-refractivity contribution in [3.05, 3.63) is 12.2 Å². The molecule has 0 fully saturated rings. The third-order valence-electron chi connectivity index (χ3n) is 2.46. The van der Waals surface area contributed by atoms with E-state index in [1.54, 1.807) is 0 Å². The summed E-state index contributed by atoms with van der Waals surface area (Å²) in [5.41, 5.74) is -0.229. The van der Waals surface area contributed by atoms with Crippen molar-refractivity contribution in [3.8, 4) is 0 Å². The average Bonchev–Trinajstić information content (AvgIpc) is 2.35. The Balaban J connectivity index is 3.87. The standard InChI is InChI=1S/C12H18N2O7/c1-7(11(18)19)4-9(15)14-3-2-13-6-8(12(20)21)5-10(16)17/h8,13H,1-6H2,(H,14,15)(H,16,17)(H,18,19)(H,20,21). The molecule has 0 heterocycles. The first-order valence-corrected chi connectivity index (χ1v) is 6.07. The quantitative estimate of drug-likeness (QED) is 0.238. The maximum absolute atomic E-state index is 11.3.